The summed E-state index contributed by atoms with van der Waals surface area (Å²) in [5.74, 6) is 0. The molecule has 3 nitrogen and oxygen atoms in total. The highest BCUT2D eigenvalue weighted by atomic mass is 79.9. The van der Waals surface area contributed by atoms with Gasteiger partial charge >= 0.3 is 0 Å². The molecule has 0 aromatic carbocycles. The molecule has 5 heteroatoms. The van der Waals surface area contributed by atoms with Crippen molar-refractivity contribution in [2.45, 2.75) is 13.0 Å². The van der Waals surface area contributed by atoms with Crippen molar-refractivity contribution in [2.24, 2.45) is 5.11 Å². The first-order valence-corrected chi connectivity index (χ1v) is 4.70. The van der Waals surface area contributed by atoms with Crippen molar-refractivity contribution in [1.82, 2.24) is 0 Å². The Morgan fingerprint density at radius 3 is 3.00 bits per heavy atom. The second-order valence-corrected chi connectivity index (χ2v) is 3.82. The average Bonchev–Trinajstić information content (AvgIpc) is 2.36. The fourth-order valence-corrected chi connectivity index (χ4v) is 2.43. The van der Waals surface area contributed by atoms with Crippen molar-refractivity contribution in [3.8, 4) is 0 Å². The Hall–Kier alpha value is -0.510. The third kappa shape index (κ3) is 1.96. The van der Waals surface area contributed by atoms with Crippen molar-refractivity contribution in [2.75, 3.05) is 0 Å². The summed E-state index contributed by atoms with van der Waals surface area (Å²) in [6, 6.07) is 1.87. The van der Waals surface area contributed by atoms with Crippen molar-refractivity contribution in [1.29, 1.82) is 0 Å². The minimum atomic E-state index is -0.0747. The molecule has 0 saturated heterocycles. The van der Waals surface area contributed by atoms with Gasteiger partial charge in [0.25, 0.3) is 0 Å². The summed E-state index contributed by atoms with van der Waals surface area (Å²) in [7, 11) is 0. The Kier molecular flexibility index (Phi) is 2.93. The SMILES string of the molecule is C[C@H](N=[N+]=[N-])c1sccc1Br. The van der Waals surface area contributed by atoms with Crippen LogP contribution in [0.5, 0.6) is 0 Å². The fourth-order valence-electron chi connectivity index (χ4n) is 0.733. The molecule has 0 fully saturated rings. The lowest BCUT2D eigenvalue weighted by molar-refractivity contribution is 0.823. The predicted octanol–water partition coefficient (Wildman–Crippen LogP) is 3.88. The maximum Gasteiger partial charge on any atom is 0.0702 e. The van der Waals surface area contributed by atoms with Gasteiger partial charge in [0.05, 0.1) is 6.04 Å². The van der Waals surface area contributed by atoms with Gasteiger partial charge in [-0.15, -0.1) is 11.3 Å². The molecule has 0 N–H and O–H groups in total. The van der Waals surface area contributed by atoms with Crippen LogP contribution in [0.3, 0.4) is 0 Å². The number of nitrogens with zero attached hydrogens (tertiary/aromatic N) is 3. The van der Waals surface area contributed by atoms with Crippen LogP contribution in [0.1, 0.15) is 17.8 Å². The molecule has 1 aromatic rings. The Morgan fingerprint density at radius 1 is 1.82 bits per heavy atom. The molecule has 0 amide bonds. The highest BCUT2D eigenvalue weighted by Gasteiger charge is 2.07. The van der Waals surface area contributed by atoms with Crippen molar-refractivity contribution < 1.29 is 0 Å². The summed E-state index contributed by atoms with van der Waals surface area (Å²) in [5.41, 5.74) is 8.17. The van der Waals surface area contributed by atoms with Gasteiger partial charge in [0.2, 0.25) is 0 Å². The zero-order chi connectivity index (χ0) is 8.27. The van der Waals surface area contributed by atoms with Crippen LogP contribution in [-0.2, 0) is 0 Å². The van der Waals surface area contributed by atoms with Crippen molar-refractivity contribution in [3.63, 3.8) is 0 Å². The number of halogens is 1. The van der Waals surface area contributed by atoms with Gasteiger partial charge in [-0.3, -0.25) is 0 Å². The normalized spacial score (nSPS) is 12.2. The molecule has 1 atom stereocenters. The monoisotopic (exact) mass is 231 g/mol. The standard InChI is InChI=1S/C6H6BrN3S/c1-4(9-10-8)6-5(7)2-3-11-6/h2-4H,1H3/t4-/m0/s1. The molecule has 1 heterocycles. The van der Waals surface area contributed by atoms with E-state index in [-0.39, 0.29) is 6.04 Å². The van der Waals surface area contributed by atoms with Crippen LogP contribution in [0.25, 0.3) is 10.4 Å². The molecule has 0 aliphatic carbocycles. The summed E-state index contributed by atoms with van der Waals surface area (Å²) in [6.07, 6.45) is 0. The molecule has 1 aromatic heterocycles. The van der Waals surface area contributed by atoms with Crippen LogP contribution < -0.4 is 0 Å². The Balaban J connectivity index is 2.92. The Bertz CT molecular complexity index is 290. The van der Waals surface area contributed by atoms with E-state index in [1.807, 2.05) is 18.4 Å². The number of hydrogen-bond acceptors (Lipinski definition) is 2. The molecule has 1 rings (SSSR count). The number of thiophene rings is 1. The van der Waals surface area contributed by atoms with E-state index >= 15 is 0 Å². The van der Waals surface area contributed by atoms with E-state index in [0.29, 0.717) is 0 Å². The lowest BCUT2D eigenvalue weighted by atomic mass is 10.3. The second kappa shape index (κ2) is 3.76. The van der Waals surface area contributed by atoms with Crippen LogP contribution in [0.4, 0.5) is 0 Å². The third-order valence-corrected chi connectivity index (χ3v) is 3.29. The summed E-state index contributed by atoms with van der Waals surface area (Å²) in [5, 5.41) is 5.55. The molecule has 0 unspecified atom stereocenters. The topological polar surface area (TPSA) is 48.8 Å². The zero-order valence-corrected chi connectivity index (χ0v) is 8.26. The fraction of sp³-hybridized carbons (Fsp3) is 0.333. The average molecular weight is 232 g/mol. The first-order valence-electron chi connectivity index (χ1n) is 3.03. The summed E-state index contributed by atoms with van der Waals surface area (Å²) >= 11 is 4.95. The molecular formula is C6H6BrN3S. The van der Waals surface area contributed by atoms with E-state index in [4.69, 9.17) is 5.53 Å². The Labute approximate surface area is 76.8 Å². The maximum atomic E-state index is 8.17. The van der Waals surface area contributed by atoms with Gasteiger partial charge in [-0.2, -0.15) is 0 Å². The molecule has 0 bridgehead atoms. The van der Waals surface area contributed by atoms with E-state index in [1.54, 1.807) is 11.3 Å². The van der Waals surface area contributed by atoms with E-state index in [2.05, 4.69) is 26.0 Å². The molecule has 0 aliphatic heterocycles. The molecule has 0 aliphatic rings. The summed E-state index contributed by atoms with van der Waals surface area (Å²) < 4.78 is 1.02. The lowest BCUT2D eigenvalue weighted by Crippen LogP contribution is -1.82. The molecule has 0 spiro atoms. The number of hydrogen-bond donors (Lipinski definition) is 0. The summed E-state index contributed by atoms with van der Waals surface area (Å²) in [4.78, 5) is 3.82. The smallest absolute Gasteiger partial charge is 0.0702 e. The second-order valence-electron chi connectivity index (χ2n) is 2.01. The van der Waals surface area contributed by atoms with Gasteiger partial charge in [0.15, 0.2) is 0 Å². The van der Waals surface area contributed by atoms with Gasteiger partial charge in [-0.05, 0) is 32.9 Å². The molecule has 11 heavy (non-hydrogen) atoms. The van der Waals surface area contributed by atoms with Gasteiger partial charge in [0, 0.05) is 14.3 Å². The molecule has 0 saturated carbocycles. The minimum Gasteiger partial charge on any atom is -0.147 e. The lowest BCUT2D eigenvalue weighted by Gasteiger charge is -1.99. The number of rotatable bonds is 2. The number of azide groups is 1. The van der Waals surface area contributed by atoms with Crippen molar-refractivity contribution >= 4 is 27.3 Å². The quantitative estimate of drug-likeness (QED) is 0.422. The molecular weight excluding hydrogens is 226 g/mol. The van der Waals surface area contributed by atoms with Crippen LogP contribution >= 0.6 is 27.3 Å². The minimum absolute atomic E-state index is 0.0747. The van der Waals surface area contributed by atoms with Gasteiger partial charge in [0.1, 0.15) is 0 Å². The van der Waals surface area contributed by atoms with Crippen LogP contribution in [0.2, 0.25) is 0 Å². The first-order chi connectivity index (χ1) is 5.25. The van der Waals surface area contributed by atoms with E-state index in [0.717, 1.165) is 9.35 Å². The van der Waals surface area contributed by atoms with E-state index < -0.39 is 0 Å². The first kappa shape index (κ1) is 8.59. The zero-order valence-electron chi connectivity index (χ0n) is 5.86. The van der Waals surface area contributed by atoms with Crippen LogP contribution in [0, 0.1) is 0 Å². The van der Waals surface area contributed by atoms with Crippen LogP contribution in [0.15, 0.2) is 21.0 Å². The summed E-state index contributed by atoms with van der Waals surface area (Å²) in [6.45, 7) is 1.87. The highest BCUT2D eigenvalue weighted by Crippen LogP contribution is 2.30. The maximum absolute atomic E-state index is 8.17. The molecule has 58 valence electrons. The third-order valence-electron chi connectivity index (χ3n) is 1.25. The van der Waals surface area contributed by atoms with Crippen molar-refractivity contribution in [3.05, 3.63) is 31.2 Å². The molecule has 0 radical (unpaired) electrons. The Morgan fingerprint density at radius 2 is 2.55 bits per heavy atom. The largest absolute Gasteiger partial charge is 0.147 e. The predicted molar refractivity (Wildman–Crippen MR) is 49.6 cm³/mol. The highest BCUT2D eigenvalue weighted by molar-refractivity contribution is 9.10. The van der Waals surface area contributed by atoms with E-state index in [9.17, 15) is 0 Å². The van der Waals surface area contributed by atoms with Gasteiger partial charge < -0.3 is 0 Å². The van der Waals surface area contributed by atoms with E-state index in [1.165, 1.54) is 0 Å². The van der Waals surface area contributed by atoms with Gasteiger partial charge in [-0.25, -0.2) is 0 Å². The van der Waals surface area contributed by atoms with Crippen LogP contribution in [-0.4, -0.2) is 0 Å². The van der Waals surface area contributed by atoms with Gasteiger partial charge in [-0.1, -0.05) is 12.0 Å².